The van der Waals surface area contributed by atoms with Gasteiger partial charge in [-0.25, -0.2) is 4.79 Å². The Kier molecular flexibility index (Phi) is 6.47. The van der Waals surface area contributed by atoms with Gasteiger partial charge in [0.15, 0.2) is 0 Å². The molecule has 0 aromatic heterocycles. The zero-order chi connectivity index (χ0) is 15.4. The summed E-state index contributed by atoms with van der Waals surface area (Å²) < 4.78 is 2.22. The highest BCUT2D eigenvalue weighted by Gasteiger charge is 2.21. The van der Waals surface area contributed by atoms with E-state index in [0.29, 0.717) is 14.6 Å². The average molecular weight is 473 g/mol. The molecule has 1 aromatic carbocycles. The van der Waals surface area contributed by atoms with Crippen LogP contribution < -0.4 is 5.32 Å². The highest BCUT2D eigenvalue weighted by atomic mass is 79.9. The fourth-order valence-corrected chi connectivity index (χ4v) is 3.93. The second kappa shape index (κ2) is 7.42. The van der Waals surface area contributed by atoms with Crippen LogP contribution in [0.5, 0.6) is 0 Å². The van der Waals surface area contributed by atoms with Crippen LogP contribution in [0.3, 0.4) is 0 Å². The molecule has 0 saturated heterocycles. The van der Waals surface area contributed by atoms with Crippen molar-refractivity contribution in [1.82, 2.24) is 4.90 Å². The number of nitrogens with zero attached hydrogens (tertiary/aromatic N) is 1. The maximum atomic E-state index is 12.2. The van der Waals surface area contributed by atoms with Gasteiger partial charge in [-0.1, -0.05) is 15.9 Å². The van der Waals surface area contributed by atoms with Crippen LogP contribution in [-0.2, 0) is 4.79 Å². The van der Waals surface area contributed by atoms with E-state index >= 15 is 0 Å². The van der Waals surface area contributed by atoms with E-state index < -0.39 is 12.0 Å². The monoisotopic (exact) mass is 470 g/mol. The summed E-state index contributed by atoms with van der Waals surface area (Å²) in [5.41, 5.74) is 0.550. The van der Waals surface area contributed by atoms with E-state index in [1.54, 1.807) is 26.0 Å². The molecule has 0 aliphatic carbocycles. The number of nitrogens with one attached hydrogen (secondary N) is 1. The van der Waals surface area contributed by atoms with Gasteiger partial charge in [0.05, 0.1) is 5.69 Å². The molecular formula is C12H13Br3N2O3. The standard InChI is InChI=1S/C12H13Br3N2O3/c1-6(2)17(5-10(18)19)12(20)16-11-8(14)3-7(13)4-9(11)15/h3-4,6H,5H2,1-2H3,(H,16,20)(H,18,19). The molecule has 20 heavy (non-hydrogen) atoms. The number of aliphatic carboxylic acids is 1. The van der Waals surface area contributed by atoms with Gasteiger partial charge < -0.3 is 15.3 Å². The van der Waals surface area contributed by atoms with Crippen molar-refractivity contribution in [2.24, 2.45) is 0 Å². The number of carboxylic acids is 1. The van der Waals surface area contributed by atoms with Crippen molar-refractivity contribution in [3.8, 4) is 0 Å². The van der Waals surface area contributed by atoms with Crippen LogP contribution >= 0.6 is 47.8 Å². The molecule has 110 valence electrons. The first-order valence-electron chi connectivity index (χ1n) is 5.66. The number of amides is 2. The molecule has 2 amide bonds. The maximum Gasteiger partial charge on any atom is 0.323 e. The molecule has 1 rings (SSSR count). The summed E-state index contributed by atoms with van der Waals surface area (Å²) in [5.74, 6) is -1.05. The molecule has 0 saturated carbocycles. The van der Waals surface area contributed by atoms with E-state index in [-0.39, 0.29) is 12.6 Å². The predicted octanol–water partition coefficient (Wildman–Crippen LogP) is 4.30. The number of carbonyl (C=O) groups excluding carboxylic acids is 1. The molecule has 5 nitrogen and oxygen atoms in total. The zero-order valence-corrected chi connectivity index (χ0v) is 15.5. The minimum absolute atomic E-state index is 0.223. The molecule has 2 N–H and O–H groups in total. The minimum Gasteiger partial charge on any atom is -0.480 e. The summed E-state index contributed by atoms with van der Waals surface area (Å²) in [6.45, 7) is 3.16. The fraction of sp³-hybridized carbons (Fsp3) is 0.333. The molecule has 0 spiro atoms. The number of carboxylic acid groups (broad SMARTS) is 1. The highest BCUT2D eigenvalue weighted by molar-refractivity contribution is 9.11. The van der Waals surface area contributed by atoms with Gasteiger partial charge in [0, 0.05) is 19.5 Å². The first kappa shape index (κ1) is 17.5. The van der Waals surface area contributed by atoms with Crippen molar-refractivity contribution in [3.05, 3.63) is 25.6 Å². The van der Waals surface area contributed by atoms with Crippen LogP contribution in [0.25, 0.3) is 0 Å². The zero-order valence-electron chi connectivity index (χ0n) is 10.8. The summed E-state index contributed by atoms with van der Waals surface area (Å²) in [7, 11) is 0. The fourth-order valence-electron chi connectivity index (χ4n) is 1.47. The molecule has 0 aliphatic heterocycles. The third-order valence-corrected chi connectivity index (χ3v) is 4.14. The summed E-state index contributed by atoms with van der Waals surface area (Å²) in [6, 6.07) is 2.89. The van der Waals surface area contributed by atoms with Crippen molar-refractivity contribution in [2.75, 3.05) is 11.9 Å². The second-order valence-corrected chi connectivity index (χ2v) is 6.91. The Morgan fingerprint density at radius 1 is 1.25 bits per heavy atom. The van der Waals surface area contributed by atoms with E-state index in [4.69, 9.17) is 5.11 Å². The van der Waals surface area contributed by atoms with Gasteiger partial charge in [0.2, 0.25) is 0 Å². The van der Waals surface area contributed by atoms with Crippen LogP contribution in [0, 0.1) is 0 Å². The van der Waals surface area contributed by atoms with E-state index in [1.165, 1.54) is 4.90 Å². The highest BCUT2D eigenvalue weighted by Crippen LogP contribution is 2.34. The number of hydrogen-bond acceptors (Lipinski definition) is 2. The number of halogens is 3. The quantitative estimate of drug-likeness (QED) is 0.686. The number of rotatable bonds is 4. The smallest absolute Gasteiger partial charge is 0.323 e. The molecule has 0 heterocycles. The van der Waals surface area contributed by atoms with E-state index in [0.717, 1.165) is 4.47 Å². The molecular weight excluding hydrogens is 460 g/mol. The predicted molar refractivity (Wildman–Crippen MR) is 88.0 cm³/mol. The van der Waals surface area contributed by atoms with E-state index in [2.05, 4.69) is 53.1 Å². The Hall–Kier alpha value is -0.600. The number of urea groups is 1. The molecule has 0 atom stereocenters. The second-order valence-electron chi connectivity index (χ2n) is 4.29. The van der Waals surface area contributed by atoms with Gasteiger partial charge in [-0.15, -0.1) is 0 Å². The lowest BCUT2D eigenvalue weighted by atomic mass is 10.3. The lowest BCUT2D eigenvalue weighted by Gasteiger charge is -2.25. The number of anilines is 1. The third kappa shape index (κ3) is 4.75. The van der Waals surface area contributed by atoms with Gasteiger partial charge >= 0.3 is 12.0 Å². The molecule has 1 aromatic rings. The van der Waals surface area contributed by atoms with E-state index in [1.807, 2.05) is 0 Å². The lowest BCUT2D eigenvalue weighted by molar-refractivity contribution is -0.137. The first-order valence-corrected chi connectivity index (χ1v) is 8.04. The molecule has 0 aliphatic rings. The summed E-state index contributed by atoms with van der Waals surface area (Å²) in [6.07, 6.45) is 0. The summed E-state index contributed by atoms with van der Waals surface area (Å²) >= 11 is 10.0. The van der Waals surface area contributed by atoms with Gasteiger partial charge in [-0.2, -0.15) is 0 Å². The van der Waals surface area contributed by atoms with Crippen molar-refractivity contribution >= 4 is 65.5 Å². The Labute approximate surface area is 142 Å². The third-order valence-electron chi connectivity index (χ3n) is 2.43. The molecule has 0 radical (unpaired) electrons. The van der Waals surface area contributed by atoms with Crippen LogP contribution in [-0.4, -0.2) is 34.6 Å². The maximum absolute atomic E-state index is 12.2. The number of hydrogen-bond donors (Lipinski definition) is 2. The topological polar surface area (TPSA) is 69.6 Å². The van der Waals surface area contributed by atoms with Crippen LogP contribution in [0.4, 0.5) is 10.5 Å². The lowest BCUT2D eigenvalue weighted by Crippen LogP contribution is -2.43. The Balaban J connectivity index is 2.97. The largest absolute Gasteiger partial charge is 0.480 e. The average Bonchev–Trinajstić information content (AvgIpc) is 2.29. The van der Waals surface area contributed by atoms with Crippen molar-refractivity contribution in [1.29, 1.82) is 0 Å². The molecule has 0 bridgehead atoms. The normalized spacial score (nSPS) is 10.5. The van der Waals surface area contributed by atoms with Crippen LogP contribution in [0.15, 0.2) is 25.6 Å². The Bertz CT molecular complexity index is 512. The molecule has 0 fully saturated rings. The minimum atomic E-state index is -1.05. The van der Waals surface area contributed by atoms with Crippen molar-refractivity contribution in [3.63, 3.8) is 0 Å². The van der Waals surface area contributed by atoms with Gasteiger partial charge in [-0.3, -0.25) is 4.79 Å². The van der Waals surface area contributed by atoms with Crippen molar-refractivity contribution in [2.45, 2.75) is 19.9 Å². The summed E-state index contributed by atoms with van der Waals surface area (Å²) in [5, 5.41) is 11.5. The molecule has 0 unspecified atom stereocenters. The van der Waals surface area contributed by atoms with E-state index in [9.17, 15) is 9.59 Å². The van der Waals surface area contributed by atoms with Gasteiger partial charge in [0.1, 0.15) is 6.54 Å². The summed E-state index contributed by atoms with van der Waals surface area (Å²) in [4.78, 5) is 24.2. The Morgan fingerprint density at radius 3 is 2.15 bits per heavy atom. The SMILES string of the molecule is CC(C)N(CC(=O)O)C(=O)Nc1c(Br)cc(Br)cc1Br. The van der Waals surface area contributed by atoms with Crippen LogP contribution in [0.1, 0.15) is 13.8 Å². The molecule has 8 heteroatoms. The Morgan fingerprint density at radius 2 is 1.75 bits per heavy atom. The number of benzene rings is 1. The first-order chi connectivity index (χ1) is 9.22. The van der Waals surface area contributed by atoms with Crippen LogP contribution in [0.2, 0.25) is 0 Å². The van der Waals surface area contributed by atoms with Gasteiger partial charge in [0.25, 0.3) is 0 Å². The van der Waals surface area contributed by atoms with Gasteiger partial charge in [-0.05, 0) is 57.8 Å². The number of carbonyl (C=O) groups is 2. The van der Waals surface area contributed by atoms with Crippen molar-refractivity contribution < 1.29 is 14.7 Å².